The van der Waals surface area contributed by atoms with Gasteiger partial charge in [0, 0.05) is 5.39 Å². The van der Waals surface area contributed by atoms with Crippen molar-refractivity contribution in [2.75, 3.05) is 17.2 Å². The number of rotatable bonds is 5. The lowest BCUT2D eigenvalue weighted by Gasteiger charge is -2.12. The molecule has 0 fully saturated rings. The van der Waals surface area contributed by atoms with Gasteiger partial charge >= 0.3 is 0 Å². The Morgan fingerprint density at radius 2 is 1.85 bits per heavy atom. The Morgan fingerprint density at radius 3 is 2.58 bits per heavy atom. The molecule has 0 aliphatic rings. The van der Waals surface area contributed by atoms with Gasteiger partial charge in [-0.3, -0.25) is 0 Å². The van der Waals surface area contributed by atoms with Crippen LogP contribution < -0.4 is 11.5 Å². The zero-order valence-corrected chi connectivity index (χ0v) is 15.7. The number of aromatic nitrogens is 2. The Bertz CT molecular complexity index is 1080. The summed E-state index contributed by atoms with van der Waals surface area (Å²) in [4.78, 5) is 8.59. The third-order valence-corrected chi connectivity index (χ3v) is 6.24. The maximum atomic E-state index is 12.5. The minimum atomic E-state index is -3.29. The maximum Gasteiger partial charge on any atom is 0.222 e. The van der Waals surface area contributed by atoms with Gasteiger partial charge in [0.15, 0.2) is 9.84 Å². The third kappa shape index (κ3) is 3.35. The highest BCUT2D eigenvalue weighted by atomic mass is 32.2. The molecule has 0 saturated heterocycles. The summed E-state index contributed by atoms with van der Waals surface area (Å²) in [7, 11) is -3.29. The molecule has 6 nitrogen and oxygen atoms in total. The number of nitrogens with two attached hydrogens (primary N) is 2. The number of benzene rings is 2. The predicted molar refractivity (Wildman–Crippen MR) is 105 cm³/mol. The molecule has 26 heavy (non-hydrogen) atoms. The summed E-state index contributed by atoms with van der Waals surface area (Å²) in [5, 5.41) is 0.732. The highest BCUT2D eigenvalue weighted by molar-refractivity contribution is 7.91. The van der Waals surface area contributed by atoms with Gasteiger partial charge in [-0.1, -0.05) is 31.5 Å². The van der Waals surface area contributed by atoms with E-state index in [0.717, 1.165) is 28.5 Å². The lowest BCUT2D eigenvalue weighted by molar-refractivity contribution is 0.592. The summed E-state index contributed by atoms with van der Waals surface area (Å²) in [5.74, 6) is 0.605. The third-order valence-electron chi connectivity index (χ3n) is 4.44. The van der Waals surface area contributed by atoms with E-state index in [1.165, 1.54) is 0 Å². The fraction of sp³-hybridized carbons (Fsp3) is 0.263. The fourth-order valence-corrected chi connectivity index (χ4v) is 4.56. The van der Waals surface area contributed by atoms with Crippen molar-refractivity contribution in [3.8, 4) is 11.1 Å². The SMILES string of the molecule is CCCCS(=O)(=O)c1cccc(-c2ccc3nc(N)nc(N)c3c2C)c1. The number of hydrogen-bond acceptors (Lipinski definition) is 6. The molecule has 3 aromatic rings. The van der Waals surface area contributed by atoms with Crippen LogP contribution in [0.15, 0.2) is 41.3 Å². The standard InChI is InChI=1S/C19H22N4O2S/c1-3-4-10-26(24,25)14-7-5-6-13(11-14)15-8-9-16-17(12(15)2)18(20)23-19(21)22-16/h5-9,11H,3-4,10H2,1-2H3,(H4,20,21,22,23). The number of nitrogens with zero attached hydrogens (tertiary/aromatic N) is 2. The smallest absolute Gasteiger partial charge is 0.222 e. The summed E-state index contributed by atoms with van der Waals surface area (Å²) in [5.41, 5.74) is 15.0. The molecule has 0 spiro atoms. The second-order valence-electron chi connectivity index (χ2n) is 6.30. The van der Waals surface area contributed by atoms with E-state index in [0.29, 0.717) is 22.7 Å². The molecule has 2 aromatic carbocycles. The molecule has 0 atom stereocenters. The van der Waals surface area contributed by atoms with Gasteiger partial charge in [0.05, 0.1) is 16.2 Å². The van der Waals surface area contributed by atoms with Crippen molar-refractivity contribution in [1.29, 1.82) is 0 Å². The Balaban J connectivity index is 2.13. The Labute approximate surface area is 153 Å². The number of fused-ring (bicyclic) bond motifs is 1. The Morgan fingerprint density at radius 1 is 1.08 bits per heavy atom. The first-order valence-electron chi connectivity index (χ1n) is 8.49. The molecule has 3 rings (SSSR count). The fourth-order valence-electron chi connectivity index (χ4n) is 3.06. The summed E-state index contributed by atoms with van der Waals surface area (Å²) in [6.07, 6.45) is 1.49. The van der Waals surface area contributed by atoms with Gasteiger partial charge in [-0.2, -0.15) is 4.98 Å². The van der Waals surface area contributed by atoms with E-state index in [-0.39, 0.29) is 11.7 Å². The second-order valence-corrected chi connectivity index (χ2v) is 8.41. The van der Waals surface area contributed by atoms with Crippen molar-refractivity contribution >= 4 is 32.5 Å². The molecule has 0 unspecified atom stereocenters. The quantitative estimate of drug-likeness (QED) is 0.712. The van der Waals surface area contributed by atoms with Crippen molar-refractivity contribution in [3.63, 3.8) is 0 Å². The molecule has 4 N–H and O–H groups in total. The molecule has 0 amide bonds. The number of sulfone groups is 1. The van der Waals surface area contributed by atoms with Crippen LogP contribution in [0.25, 0.3) is 22.0 Å². The number of nitrogen functional groups attached to an aromatic ring is 2. The largest absolute Gasteiger partial charge is 0.383 e. The van der Waals surface area contributed by atoms with Crippen molar-refractivity contribution in [3.05, 3.63) is 42.0 Å². The second kappa shape index (κ2) is 6.92. The lowest BCUT2D eigenvalue weighted by Crippen LogP contribution is -2.06. The Hall–Kier alpha value is -2.67. The van der Waals surface area contributed by atoms with Crippen molar-refractivity contribution in [1.82, 2.24) is 9.97 Å². The number of unbranched alkanes of at least 4 members (excludes halogenated alkanes) is 1. The molecular weight excluding hydrogens is 348 g/mol. The maximum absolute atomic E-state index is 12.5. The van der Waals surface area contributed by atoms with E-state index in [9.17, 15) is 8.42 Å². The molecule has 0 saturated carbocycles. The van der Waals surface area contributed by atoms with E-state index >= 15 is 0 Å². The highest BCUT2D eigenvalue weighted by Gasteiger charge is 2.16. The van der Waals surface area contributed by atoms with Gasteiger partial charge in [0.1, 0.15) is 5.82 Å². The Kier molecular flexibility index (Phi) is 4.82. The average molecular weight is 370 g/mol. The number of hydrogen-bond donors (Lipinski definition) is 2. The summed E-state index contributed by atoms with van der Waals surface area (Å²) >= 11 is 0. The highest BCUT2D eigenvalue weighted by Crippen LogP contribution is 2.32. The van der Waals surface area contributed by atoms with Gasteiger partial charge in [-0.15, -0.1) is 0 Å². The molecule has 0 aliphatic carbocycles. The van der Waals surface area contributed by atoms with Crippen molar-refractivity contribution < 1.29 is 8.42 Å². The number of aryl methyl sites for hydroxylation is 1. The zero-order valence-electron chi connectivity index (χ0n) is 14.9. The van der Waals surface area contributed by atoms with Gasteiger partial charge in [0.25, 0.3) is 0 Å². The first-order valence-corrected chi connectivity index (χ1v) is 10.1. The van der Waals surface area contributed by atoms with E-state index in [2.05, 4.69) is 9.97 Å². The molecule has 1 aromatic heterocycles. The average Bonchev–Trinajstić information content (AvgIpc) is 2.60. The normalized spacial score (nSPS) is 11.8. The van der Waals surface area contributed by atoms with E-state index < -0.39 is 9.84 Å². The van der Waals surface area contributed by atoms with Crippen LogP contribution in [0.2, 0.25) is 0 Å². The monoisotopic (exact) mass is 370 g/mol. The molecule has 0 radical (unpaired) electrons. The summed E-state index contributed by atoms with van der Waals surface area (Å²) in [6.45, 7) is 3.90. The molecule has 0 bridgehead atoms. The van der Waals surface area contributed by atoms with Gasteiger partial charge in [-0.05, 0) is 48.2 Å². The topological polar surface area (TPSA) is 112 Å². The molecular formula is C19H22N4O2S. The molecule has 0 aliphatic heterocycles. The molecule has 136 valence electrons. The van der Waals surface area contributed by atoms with Crippen LogP contribution in [-0.2, 0) is 9.84 Å². The zero-order chi connectivity index (χ0) is 18.9. The van der Waals surface area contributed by atoms with Gasteiger partial charge in [0.2, 0.25) is 5.95 Å². The van der Waals surface area contributed by atoms with Crippen molar-refractivity contribution in [2.24, 2.45) is 0 Å². The lowest BCUT2D eigenvalue weighted by atomic mass is 9.97. The van der Waals surface area contributed by atoms with E-state index in [1.54, 1.807) is 18.2 Å². The van der Waals surface area contributed by atoms with Crippen LogP contribution in [0.1, 0.15) is 25.3 Å². The van der Waals surface area contributed by atoms with Crippen LogP contribution in [0.5, 0.6) is 0 Å². The minimum absolute atomic E-state index is 0.131. The van der Waals surface area contributed by atoms with Crippen LogP contribution in [0, 0.1) is 6.92 Å². The summed E-state index contributed by atoms with van der Waals surface area (Å²) < 4.78 is 25.0. The minimum Gasteiger partial charge on any atom is -0.383 e. The van der Waals surface area contributed by atoms with Crippen molar-refractivity contribution in [2.45, 2.75) is 31.6 Å². The first kappa shape index (κ1) is 18.1. The van der Waals surface area contributed by atoms with Crippen LogP contribution in [0.4, 0.5) is 11.8 Å². The molecule has 1 heterocycles. The van der Waals surface area contributed by atoms with E-state index in [4.69, 9.17) is 11.5 Å². The van der Waals surface area contributed by atoms with Crippen LogP contribution >= 0.6 is 0 Å². The summed E-state index contributed by atoms with van der Waals surface area (Å²) in [6, 6.07) is 10.7. The predicted octanol–water partition coefficient (Wildman–Crippen LogP) is 3.34. The van der Waals surface area contributed by atoms with Crippen LogP contribution in [-0.4, -0.2) is 24.1 Å². The van der Waals surface area contributed by atoms with E-state index in [1.807, 2.05) is 32.0 Å². The van der Waals surface area contributed by atoms with Crippen LogP contribution in [0.3, 0.4) is 0 Å². The van der Waals surface area contributed by atoms with Gasteiger partial charge < -0.3 is 11.5 Å². The first-order chi connectivity index (χ1) is 12.3. The number of anilines is 2. The molecule has 7 heteroatoms. The van der Waals surface area contributed by atoms with Gasteiger partial charge in [-0.25, -0.2) is 13.4 Å².